The van der Waals surface area contributed by atoms with Crippen molar-refractivity contribution >= 4 is 5.97 Å². The summed E-state index contributed by atoms with van der Waals surface area (Å²) in [6, 6.07) is 0. The fourth-order valence-electron chi connectivity index (χ4n) is 5.05. The van der Waals surface area contributed by atoms with Crippen LogP contribution in [0.25, 0.3) is 0 Å². The van der Waals surface area contributed by atoms with E-state index in [1.54, 1.807) is 67.7 Å². The van der Waals surface area contributed by atoms with E-state index in [1.165, 1.54) is 12.2 Å². The molecule has 0 radical (unpaired) electrons. The Hall–Kier alpha value is -2.41. The summed E-state index contributed by atoms with van der Waals surface area (Å²) < 4.78 is 5.54. The summed E-state index contributed by atoms with van der Waals surface area (Å²) in [6.45, 7) is 5.42. The van der Waals surface area contributed by atoms with Gasteiger partial charge in [-0.3, -0.25) is 0 Å². The molecule has 256 valence electrons. The number of aliphatic hydroxyl groups excluding tert-OH is 8. The van der Waals surface area contributed by atoms with Crippen LogP contribution in [0.4, 0.5) is 0 Å². The third-order valence-electron chi connectivity index (χ3n) is 7.83. The first-order valence-electron chi connectivity index (χ1n) is 16.0. The quantitative estimate of drug-likeness (QED) is 0.157. The fourth-order valence-corrected chi connectivity index (χ4v) is 5.05. The van der Waals surface area contributed by atoms with Gasteiger partial charge in [-0.25, -0.2) is 4.79 Å². The lowest BCUT2D eigenvalue weighted by molar-refractivity contribution is -0.144. The van der Waals surface area contributed by atoms with Crippen LogP contribution in [0.1, 0.15) is 72.1 Å². The number of ether oxygens (including phenoxy) is 1. The van der Waals surface area contributed by atoms with Gasteiger partial charge in [0.15, 0.2) is 0 Å². The number of aliphatic hydroxyl groups is 8. The zero-order valence-corrected chi connectivity index (χ0v) is 26.8. The molecule has 8 N–H and O–H groups in total. The van der Waals surface area contributed by atoms with E-state index >= 15 is 0 Å². The Bertz CT molecular complexity index is 987. The lowest BCUT2D eigenvalue weighted by atomic mass is 9.90. The maximum absolute atomic E-state index is 12.3. The van der Waals surface area contributed by atoms with Crippen molar-refractivity contribution in [3.8, 4) is 0 Å². The lowest BCUT2D eigenvalue weighted by Gasteiger charge is -2.26. The molecular weight excluding hydrogens is 580 g/mol. The van der Waals surface area contributed by atoms with Gasteiger partial charge in [0.1, 0.15) is 6.10 Å². The number of carbonyl (C=O) groups is 1. The van der Waals surface area contributed by atoms with Crippen molar-refractivity contribution in [2.45, 2.75) is 127 Å². The summed E-state index contributed by atoms with van der Waals surface area (Å²) in [7, 11) is 0. The summed E-state index contributed by atoms with van der Waals surface area (Å²) in [5, 5.41) is 83.0. The van der Waals surface area contributed by atoms with Crippen molar-refractivity contribution in [3.05, 3.63) is 72.9 Å². The molecule has 11 atom stereocenters. The third kappa shape index (κ3) is 19.0. The number of rotatable bonds is 1. The summed E-state index contributed by atoms with van der Waals surface area (Å²) in [4.78, 5) is 12.3. The number of cyclic esters (lactones) is 1. The molecule has 0 bridgehead atoms. The maximum Gasteiger partial charge on any atom is 0.331 e. The molecule has 0 aromatic rings. The van der Waals surface area contributed by atoms with E-state index in [2.05, 4.69) is 0 Å². The molecule has 1 rings (SSSR count). The van der Waals surface area contributed by atoms with Crippen molar-refractivity contribution < 1.29 is 50.4 Å². The number of hydrogen-bond acceptors (Lipinski definition) is 10. The van der Waals surface area contributed by atoms with Crippen LogP contribution in [0.5, 0.6) is 0 Å². The third-order valence-corrected chi connectivity index (χ3v) is 7.83. The first-order chi connectivity index (χ1) is 21.3. The fraction of sp³-hybridized carbons (Fsp3) is 0.629. The van der Waals surface area contributed by atoms with Crippen molar-refractivity contribution in [2.75, 3.05) is 0 Å². The molecular formula is C35H56O10. The monoisotopic (exact) mass is 636 g/mol. The average Bonchev–Trinajstić information content (AvgIpc) is 2.95. The van der Waals surface area contributed by atoms with E-state index in [9.17, 15) is 45.6 Å². The van der Waals surface area contributed by atoms with Crippen LogP contribution >= 0.6 is 0 Å². The van der Waals surface area contributed by atoms with Gasteiger partial charge in [-0.1, -0.05) is 87.6 Å². The smallest absolute Gasteiger partial charge is 0.331 e. The first-order valence-corrected chi connectivity index (χ1v) is 16.0. The molecule has 0 spiro atoms. The molecule has 1 aliphatic heterocycles. The number of hydrogen-bond donors (Lipinski definition) is 8. The van der Waals surface area contributed by atoms with E-state index < -0.39 is 66.8 Å². The molecule has 0 saturated heterocycles. The normalized spacial score (nSPS) is 36.6. The van der Waals surface area contributed by atoms with E-state index in [0.717, 1.165) is 0 Å². The van der Waals surface area contributed by atoms with E-state index in [1.807, 2.05) is 13.8 Å². The van der Waals surface area contributed by atoms with E-state index in [-0.39, 0.29) is 44.4 Å². The molecule has 0 aliphatic carbocycles. The zero-order chi connectivity index (χ0) is 33.8. The van der Waals surface area contributed by atoms with Crippen molar-refractivity contribution in [1.82, 2.24) is 0 Å². The SMILES string of the molecule is CCC1OC(=O)C=CC=CC=CC=CC=CCC(O)C(C)C(O)CC(O)CC(O)CC(O)CC(O)CC(O)CC(O)C=CC1C. The minimum atomic E-state index is -1.10. The van der Waals surface area contributed by atoms with Gasteiger partial charge in [-0.2, -0.15) is 0 Å². The number of esters is 1. The molecule has 10 nitrogen and oxygen atoms in total. The van der Waals surface area contributed by atoms with E-state index in [0.29, 0.717) is 12.8 Å². The Morgan fingerprint density at radius 2 is 1.09 bits per heavy atom. The molecule has 0 aromatic carbocycles. The van der Waals surface area contributed by atoms with Gasteiger partial charge in [0.2, 0.25) is 0 Å². The average molecular weight is 637 g/mol. The van der Waals surface area contributed by atoms with Gasteiger partial charge < -0.3 is 45.6 Å². The molecule has 1 heterocycles. The van der Waals surface area contributed by atoms with Gasteiger partial charge in [0.25, 0.3) is 0 Å². The minimum absolute atomic E-state index is 0.0488. The van der Waals surface area contributed by atoms with Crippen LogP contribution in [0.3, 0.4) is 0 Å². The topological polar surface area (TPSA) is 188 Å². The van der Waals surface area contributed by atoms with Crippen LogP contribution in [-0.4, -0.2) is 102 Å². The van der Waals surface area contributed by atoms with Gasteiger partial charge in [0.05, 0.1) is 48.8 Å². The van der Waals surface area contributed by atoms with Gasteiger partial charge >= 0.3 is 5.97 Å². The second-order valence-electron chi connectivity index (χ2n) is 12.0. The Morgan fingerprint density at radius 3 is 1.62 bits per heavy atom. The Labute approximate surface area is 268 Å². The Balaban J connectivity index is 2.93. The molecule has 1 aliphatic rings. The van der Waals surface area contributed by atoms with Crippen molar-refractivity contribution in [2.24, 2.45) is 11.8 Å². The summed E-state index contributed by atoms with van der Waals surface area (Å²) >= 11 is 0. The lowest BCUT2D eigenvalue weighted by Crippen LogP contribution is -2.34. The highest BCUT2D eigenvalue weighted by atomic mass is 16.5. The molecule has 11 unspecified atom stereocenters. The zero-order valence-electron chi connectivity index (χ0n) is 26.8. The van der Waals surface area contributed by atoms with Gasteiger partial charge in [-0.15, -0.1) is 0 Å². The van der Waals surface area contributed by atoms with Crippen LogP contribution < -0.4 is 0 Å². The molecule has 0 saturated carbocycles. The molecule has 0 aromatic heterocycles. The van der Waals surface area contributed by atoms with Crippen molar-refractivity contribution in [3.63, 3.8) is 0 Å². The summed E-state index contributed by atoms with van der Waals surface area (Å²) in [6.07, 6.45) is 11.9. The van der Waals surface area contributed by atoms with Crippen LogP contribution in [0, 0.1) is 11.8 Å². The second-order valence-corrected chi connectivity index (χ2v) is 12.0. The van der Waals surface area contributed by atoms with Gasteiger partial charge in [-0.05, 0) is 44.9 Å². The molecule has 45 heavy (non-hydrogen) atoms. The minimum Gasteiger partial charge on any atom is -0.459 e. The van der Waals surface area contributed by atoms with E-state index in [4.69, 9.17) is 4.74 Å². The van der Waals surface area contributed by atoms with Gasteiger partial charge in [0, 0.05) is 24.3 Å². The first kappa shape index (κ1) is 40.6. The van der Waals surface area contributed by atoms with Crippen LogP contribution in [0.15, 0.2) is 72.9 Å². The molecule has 10 heteroatoms. The number of allylic oxidation sites excluding steroid dienone is 8. The Morgan fingerprint density at radius 1 is 0.622 bits per heavy atom. The summed E-state index contributed by atoms with van der Waals surface area (Å²) in [5.41, 5.74) is 0. The predicted molar refractivity (Wildman–Crippen MR) is 174 cm³/mol. The maximum atomic E-state index is 12.3. The standard InChI is InChI=1S/C35H56O10/c1-4-34-24(2)16-17-26(36)18-27(37)19-28(38)20-29(39)21-30(40)22-31(41)23-33(43)25(3)32(42)14-12-10-8-6-5-7-9-11-13-15-35(44)45-34/h5-13,15-17,24-34,36-43H,4,14,18-23H2,1-3H3. The second kappa shape index (κ2) is 23.0. The summed E-state index contributed by atoms with van der Waals surface area (Å²) in [5.74, 6) is -1.23. The highest BCUT2D eigenvalue weighted by molar-refractivity contribution is 5.82. The van der Waals surface area contributed by atoms with Crippen molar-refractivity contribution in [1.29, 1.82) is 0 Å². The molecule has 0 amide bonds. The van der Waals surface area contributed by atoms with Crippen LogP contribution in [-0.2, 0) is 9.53 Å². The highest BCUT2D eigenvalue weighted by Gasteiger charge is 2.26. The number of carbonyl (C=O) groups excluding carboxylic acids is 1. The molecule has 0 fully saturated rings. The Kier molecular flexibility index (Phi) is 20.8. The predicted octanol–water partition coefficient (Wildman–Crippen LogP) is 2.55. The largest absolute Gasteiger partial charge is 0.459 e. The highest BCUT2D eigenvalue weighted by Crippen LogP contribution is 2.21. The van der Waals surface area contributed by atoms with Crippen LogP contribution in [0.2, 0.25) is 0 Å².